The van der Waals surface area contributed by atoms with Crippen LogP contribution < -0.4 is 10.1 Å². The summed E-state index contributed by atoms with van der Waals surface area (Å²) in [5.74, 6) is -0.142. The fraction of sp³-hybridized carbons (Fsp3) is 0.304. The number of benzene rings is 2. The molecule has 1 aliphatic rings. The molecule has 2 aromatic carbocycles. The van der Waals surface area contributed by atoms with Crippen molar-refractivity contribution in [1.29, 1.82) is 0 Å². The normalized spacial score (nSPS) is 15.0. The van der Waals surface area contributed by atoms with Crippen molar-refractivity contribution in [3.8, 4) is 5.75 Å². The molecular weight excluding hydrogens is 416 g/mol. The van der Waals surface area contributed by atoms with Gasteiger partial charge in [0.25, 0.3) is 0 Å². The summed E-state index contributed by atoms with van der Waals surface area (Å²) in [4.78, 5) is 23.7. The number of carbonyl (C=O) groups is 2. The van der Waals surface area contributed by atoms with E-state index >= 15 is 0 Å². The second-order valence-corrected chi connectivity index (χ2v) is 9.24. The van der Waals surface area contributed by atoms with Crippen molar-refractivity contribution < 1.29 is 22.7 Å². The minimum atomic E-state index is -3.68. The van der Waals surface area contributed by atoms with Crippen LogP contribution in [0.4, 0.5) is 5.69 Å². The maximum atomic E-state index is 13.1. The fourth-order valence-corrected chi connectivity index (χ4v) is 5.09. The van der Waals surface area contributed by atoms with Gasteiger partial charge in [-0.25, -0.2) is 8.42 Å². The van der Waals surface area contributed by atoms with Gasteiger partial charge in [-0.05, 0) is 67.8 Å². The fourth-order valence-electron chi connectivity index (χ4n) is 3.39. The number of hydrogen-bond acceptors (Lipinski definition) is 5. The number of nitrogens with one attached hydrogen (secondary N) is 1. The number of carbonyl (C=O) groups excluding carboxylic acids is 2. The first-order valence-electron chi connectivity index (χ1n) is 10.1. The lowest BCUT2D eigenvalue weighted by Crippen LogP contribution is -2.35. The molecule has 1 aliphatic heterocycles. The molecule has 1 N–H and O–H groups in total. The number of methoxy groups -OCH3 is 1. The Morgan fingerprint density at radius 3 is 2.32 bits per heavy atom. The Labute approximate surface area is 182 Å². The van der Waals surface area contributed by atoms with E-state index in [1.54, 1.807) is 42.5 Å². The molecule has 0 spiro atoms. The van der Waals surface area contributed by atoms with Crippen molar-refractivity contribution in [3.05, 3.63) is 59.7 Å². The van der Waals surface area contributed by atoms with E-state index in [2.05, 4.69) is 5.32 Å². The van der Waals surface area contributed by atoms with Crippen LogP contribution in [-0.4, -0.2) is 44.6 Å². The molecule has 1 heterocycles. The van der Waals surface area contributed by atoms with Gasteiger partial charge in [0.15, 0.2) is 5.78 Å². The maximum Gasteiger partial charge on any atom is 0.248 e. The number of nitrogens with zero attached hydrogens (tertiary/aromatic N) is 1. The van der Waals surface area contributed by atoms with Gasteiger partial charge in [-0.3, -0.25) is 9.59 Å². The Morgan fingerprint density at radius 2 is 1.71 bits per heavy atom. The van der Waals surface area contributed by atoms with Crippen LogP contribution in [0.25, 0.3) is 6.08 Å². The summed E-state index contributed by atoms with van der Waals surface area (Å²) in [6.45, 7) is 2.47. The Balaban J connectivity index is 1.76. The molecule has 0 unspecified atom stereocenters. The highest BCUT2D eigenvalue weighted by atomic mass is 32.2. The molecule has 0 atom stereocenters. The molecule has 2 aromatic rings. The van der Waals surface area contributed by atoms with Crippen molar-refractivity contribution in [2.45, 2.75) is 31.1 Å². The van der Waals surface area contributed by atoms with Gasteiger partial charge in [0, 0.05) is 30.4 Å². The zero-order valence-corrected chi connectivity index (χ0v) is 18.4. The monoisotopic (exact) mass is 442 g/mol. The van der Waals surface area contributed by atoms with Crippen LogP contribution in [0, 0.1) is 0 Å². The molecule has 1 fully saturated rings. The molecule has 0 bridgehead atoms. The zero-order valence-electron chi connectivity index (χ0n) is 17.6. The van der Waals surface area contributed by atoms with Crippen LogP contribution >= 0.6 is 0 Å². The largest absolute Gasteiger partial charge is 0.495 e. The second-order valence-electron chi connectivity index (χ2n) is 7.33. The van der Waals surface area contributed by atoms with Gasteiger partial charge in [0.05, 0.1) is 7.11 Å². The third-order valence-corrected chi connectivity index (χ3v) is 7.03. The lowest BCUT2D eigenvalue weighted by molar-refractivity contribution is -0.111. The van der Waals surface area contributed by atoms with Gasteiger partial charge >= 0.3 is 0 Å². The Bertz CT molecular complexity index is 1090. The van der Waals surface area contributed by atoms with Gasteiger partial charge in [0.2, 0.25) is 15.9 Å². The molecule has 0 aromatic heterocycles. The van der Waals surface area contributed by atoms with Crippen LogP contribution in [-0.2, 0) is 14.8 Å². The summed E-state index contributed by atoms with van der Waals surface area (Å²) in [5, 5.41) is 2.71. The van der Waals surface area contributed by atoms with E-state index in [4.69, 9.17) is 4.74 Å². The number of Topliss-reactive ketones (excluding diaryl/α,β-unsaturated/α-hetero) is 1. The summed E-state index contributed by atoms with van der Waals surface area (Å²) in [7, 11) is -2.24. The van der Waals surface area contributed by atoms with Crippen LogP contribution in [0.1, 0.15) is 42.1 Å². The van der Waals surface area contributed by atoms with Crippen molar-refractivity contribution >= 4 is 33.5 Å². The number of piperidine rings is 1. The average molecular weight is 443 g/mol. The number of sulfonamides is 1. The van der Waals surface area contributed by atoms with E-state index in [1.807, 2.05) is 0 Å². The first-order valence-corrected chi connectivity index (χ1v) is 11.5. The summed E-state index contributed by atoms with van der Waals surface area (Å²) in [6.07, 6.45) is 5.59. The van der Waals surface area contributed by atoms with Crippen LogP contribution in [0.15, 0.2) is 53.4 Å². The molecule has 8 heteroatoms. The lowest BCUT2D eigenvalue weighted by atomic mass is 10.1. The van der Waals surface area contributed by atoms with Gasteiger partial charge < -0.3 is 10.1 Å². The zero-order chi connectivity index (χ0) is 22.4. The third kappa shape index (κ3) is 5.59. The lowest BCUT2D eigenvalue weighted by Gasteiger charge is -2.26. The quantitative estimate of drug-likeness (QED) is 0.521. The maximum absolute atomic E-state index is 13.1. The molecule has 1 amide bonds. The smallest absolute Gasteiger partial charge is 0.248 e. The molecule has 3 rings (SSSR count). The van der Waals surface area contributed by atoms with Crippen molar-refractivity contribution in [1.82, 2.24) is 4.31 Å². The number of anilines is 1. The molecule has 7 nitrogen and oxygen atoms in total. The predicted molar refractivity (Wildman–Crippen MR) is 120 cm³/mol. The summed E-state index contributed by atoms with van der Waals surface area (Å²) < 4.78 is 32.9. The molecule has 164 valence electrons. The van der Waals surface area contributed by atoms with Crippen molar-refractivity contribution in [3.63, 3.8) is 0 Å². The Kier molecular flexibility index (Phi) is 7.25. The Hall–Kier alpha value is -2.97. The number of ether oxygens (including phenoxy) is 1. The topological polar surface area (TPSA) is 92.8 Å². The highest BCUT2D eigenvalue weighted by molar-refractivity contribution is 7.89. The molecule has 1 saturated heterocycles. The van der Waals surface area contributed by atoms with Gasteiger partial charge in [0.1, 0.15) is 10.6 Å². The predicted octanol–water partition coefficient (Wildman–Crippen LogP) is 3.72. The minimum Gasteiger partial charge on any atom is -0.495 e. The number of amides is 1. The molecular formula is C23H26N2O5S. The molecule has 31 heavy (non-hydrogen) atoms. The van der Waals surface area contributed by atoms with Crippen LogP contribution in [0.5, 0.6) is 5.75 Å². The first kappa shape index (κ1) is 22.7. The highest BCUT2D eigenvalue weighted by Gasteiger charge is 2.29. The highest BCUT2D eigenvalue weighted by Crippen LogP contribution is 2.30. The van der Waals surface area contributed by atoms with E-state index in [0.29, 0.717) is 29.9 Å². The van der Waals surface area contributed by atoms with E-state index in [9.17, 15) is 18.0 Å². The number of ketones is 1. The third-order valence-electron chi connectivity index (χ3n) is 5.11. The van der Waals surface area contributed by atoms with E-state index < -0.39 is 10.0 Å². The Morgan fingerprint density at radius 1 is 1.03 bits per heavy atom. The van der Waals surface area contributed by atoms with Gasteiger partial charge in [-0.1, -0.05) is 12.5 Å². The second kappa shape index (κ2) is 9.89. The van der Waals surface area contributed by atoms with Crippen LogP contribution in [0.3, 0.4) is 0 Å². The summed E-state index contributed by atoms with van der Waals surface area (Å²) >= 11 is 0. The average Bonchev–Trinajstić information content (AvgIpc) is 2.78. The number of rotatable bonds is 7. The van der Waals surface area contributed by atoms with Gasteiger partial charge in [-0.2, -0.15) is 4.31 Å². The van der Waals surface area contributed by atoms with E-state index in [0.717, 1.165) is 19.3 Å². The molecule has 0 aliphatic carbocycles. The van der Waals surface area contributed by atoms with Gasteiger partial charge in [-0.15, -0.1) is 0 Å². The van der Waals surface area contributed by atoms with E-state index in [-0.39, 0.29) is 22.3 Å². The first-order chi connectivity index (χ1) is 14.8. The minimum absolute atomic E-state index is 0.0485. The number of hydrogen-bond donors (Lipinski definition) is 1. The van der Waals surface area contributed by atoms with Crippen molar-refractivity contribution in [2.24, 2.45) is 0 Å². The van der Waals surface area contributed by atoms with Crippen molar-refractivity contribution in [2.75, 3.05) is 25.5 Å². The summed E-state index contributed by atoms with van der Waals surface area (Å²) in [5.41, 5.74) is 1.69. The standard InChI is InChI=1S/C23H26N2O5S/c1-17(26)19-8-10-20(11-9-19)24-23(27)13-7-18-6-12-21(30-2)22(16-18)31(28,29)25-14-4-3-5-15-25/h6-13,16H,3-5,14-15H2,1-2H3,(H,24,27)/b13-7+. The van der Waals surface area contributed by atoms with Crippen LogP contribution in [0.2, 0.25) is 0 Å². The molecule has 0 saturated carbocycles. The molecule has 0 radical (unpaired) electrons. The summed E-state index contributed by atoms with van der Waals surface area (Å²) in [6, 6.07) is 11.4. The SMILES string of the molecule is COc1ccc(/C=C/C(=O)Nc2ccc(C(C)=O)cc2)cc1S(=O)(=O)N1CCCCC1. The van der Waals surface area contributed by atoms with E-state index in [1.165, 1.54) is 30.5 Å².